The summed E-state index contributed by atoms with van der Waals surface area (Å²) in [5.74, 6) is -0.358. The fourth-order valence-corrected chi connectivity index (χ4v) is 4.10. The molecule has 0 saturated carbocycles. The molecule has 1 heterocycles. The molecule has 6 heteroatoms. The van der Waals surface area contributed by atoms with Crippen LogP contribution in [0.2, 0.25) is 0 Å². The molecule has 0 unspecified atom stereocenters. The van der Waals surface area contributed by atoms with Crippen LogP contribution >= 0.6 is 0 Å². The van der Waals surface area contributed by atoms with E-state index < -0.39 is 5.41 Å². The van der Waals surface area contributed by atoms with Gasteiger partial charge in [0.05, 0.1) is 5.41 Å². The zero-order chi connectivity index (χ0) is 22.4. The van der Waals surface area contributed by atoms with Crippen molar-refractivity contribution in [1.29, 1.82) is 0 Å². The van der Waals surface area contributed by atoms with Crippen molar-refractivity contribution in [1.82, 2.24) is 10.2 Å². The van der Waals surface area contributed by atoms with Crippen LogP contribution in [0.15, 0.2) is 48.5 Å². The summed E-state index contributed by atoms with van der Waals surface area (Å²) in [4.78, 5) is 27.2. The van der Waals surface area contributed by atoms with Gasteiger partial charge in [-0.25, -0.2) is 8.78 Å². The van der Waals surface area contributed by atoms with Gasteiger partial charge in [-0.1, -0.05) is 30.3 Å². The molecule has 0 spiro atoms. The Balaban J connectivity index is 1.43. The first kappa shape index (κ1) is 22.9. The Morgan fingerprint density at radius 3 is 2.32 bits per heavy atom. The molecular weight excluding hydrogens is 398 g/mol. The van der Waals surface area contributed by atoms with E-state index in [1.165, 1.54) is 18.2 Å². The Hall–Kier alpha value is -2.76. The predicted molar refractivity (Wildman–Crippen MR) is 116 cm³/mol. The Morgan fingerprint density at radius 2 is 1.68 bits per heavy atom. The third-order valence-corrected chi connectivity index (χ3v) is 6.15. The summed E-state index contributed by atoms with van der Waals surface area (Å²) in [6, 6.07) is 12.6. The lowest BCUT2D eigenvalue weighted by Gasteiger charge is -2.37. The molecule has 2 aromatic carbocycles. The molecule has 1 fully saturated rings. The third kappa shape index (κ3) is 5.90. The largest absolute Gasteiger partial charge is 0.356 e. The monoisotopic (exact) mass is 428 g/mol. The highest BCUT2D eigenvalue weighted by molar-refractivity contribution is 5.87. The van der Waals surface area contributed by atoms with Gasteiger partial charge in [0.1, 0.15) is 11.6 Å². The molecule has 0 aromatic heterocycles. The first-order chi connectivity index (χ1) is 14.8. The average Bonchev–Trinajstić information content (AvgIpc) is 2.75. The predicted octanol–water partition coefficient (Wildman–Crippen LogP) is 4.23. The zero-order valence-electron chi connectivity index (χ0n) is 18.2. The molecule has 0 radical (unpaired) electrons. The summed E-state index contributed by atoms with van der Waals surface area (Å²) in [6.07, 6.45) is 2.42. The van der Waals surface area contributed by atoms with E-state index in [0.29, 0.717) is 38.0 Å². The van der Waals surface area contributed by atoms with Gasteiger partial charge in [-0.2, -0.15) is 0 Å². The fraction of sp³-hybridized carbons (Fsp3) is 0.440. The zero-order valence-corrected chi connectivity index (χ0v) is 18.2. The van der Waals surface area contributed by atoms with Crippen molar-refractivity contribution in [2.75, 3.05) is 19.6 Å². The molecule has 1 aliphatic rings. The number of nitrogens with zero attached hydrogens (tertiary/aromatic N) is 1. The number of likely N-dealkylation sites (tertiary alicyclic amines) is 1. The lowest BCUT2D eigenvalue weighted by Crippen LogP contribution is -2.47. The first-order valence-corrected chi connectivity index (χ1v) is 10.8. The molecule has 2 aromatic rings. The van der Waals surface area contributed by atoms with Crippen LogP contribution in [0.3, 0.4) is 0 Å². The molecule has 0 bridgehead atoms. The number of piperidine rings is 1. The van der Waals surface area contributed by atoms with Gasteiger partial charge >= 0.3 is 0 Å². The molecule has 4 nitrogen and oxygen atoms in total. The number of hydrogen-bond acceptors (Lipinski definition) is 2. The average molecular weight is 429 g/mol. The lowest BCUT2D eigenvalue weighted by molar-refractivity contribution is -0.137. The second-order valence-corrected chi connectivity index (χ2v) is 8.76. The molecule has 1 N–H and O–H groups in total. The number of halogens is 2. The smallest absolute Gasteiger partial charge is 0.232 e. The minimum atomic E-state index is -0.732. The van der Waals surface area contributed by atoms with Crippen LogP contribution in [-0.2, 0) is 21.4 Å². The van der Waals surface area contributed by atoms with E-state index in [0.717, 1.165) is 18.4 Å². The van der Waals surface area contributed by atoms with Crippen molar-refractivity contribution in [3.63, 3.8) is 0 Å². The summed E-state index contributed by atoms with van der Waals surface area (Å²) in [5, 5.41) is 2.87. The first-order valence-electron chi connectivity index (χ1n) is 10.8. The highest BCUT2D eigenvalue weighted by Crippen LogP contribution is 2.29. The second-order valence-electron chi connectivity index (χ2n) is 8.76. The SMILES string of the molecule is CC(C)(C(=O)N1CCC(CC(=O)NCCc2ccccc2F)CC1)c1ccc(F)cc1. The van der Waals surface area contributed by atoms with Crippen molar-refractivity contribution in [2.45, 2.75) is 44.9 Å². The minimum absolute atomic E-state index is 0.0203. The van der Waals surface area contributed by atoms with E-state index in [1.54, 1.807) is 30.3 Å². The number of nitrogens with one attached hydrogen (secondary N) is 1. The molecule has 3 rings (SSSR count). The summed E-state index contributed by atoms with van der Waals surface area (Å²) in [5.41, 5.74) is 0.651. The van der Waals surface area contributed by atoms with Gasteiger partial charge in [0.15, 0.2) is 0 Å². The Kier molecular flexibility index (Phi) is 7.42. The molecule has 31 heavy (non-hydrogen) atoms. The van der Waals surface area contributed by atoms with Crippen LogP contribution in [0.4, 0.5) is 8.78 Å². The van der Waals surface area contributed by atoms with Crippen molar-refractivity contribution in [3.05, 3.63) is 71.3 Å². The van der Waals surface area contributed by atoms with Crippen LogP contribution in [0.5, 0.6) is 0 Å². The van der Waals surface area contributed by atoms with Crippen LogP contribution in [-0.4, -0.2) is 36.3 Å². The van der Waals surface area contributed by atoms with E-state index in [2.05, 4.69) is 5.32 Å². The second kappa shape index (κ2) is 10.0. The van der Waals surface area contributed by atoms with Crippen molar-refractivity contribution in [2.24, 2.45) is 5.92 Å². The number of amides is 2. The number of benzene rings is 2. The molecule has 0 atom stereocenters. The van der Waals surface area contributed by atoms with Crippen LogP contribution in [0.1, 0.15) is 44.2 Å². The summed E-state index contributed by atoms with van der Waals surface area (Å²) < 4.78 is 26.9. The van der Waals surface area contributed by atoms with Gasteiger partial charge in [0.25, 0.3) is 0 Å². The van der Waals surface area contributed by atoms with E-state index >= 15 is 0 Å². The van der Waals surface area contributed by atoms with Gasteiger partial charge in [-0.3, -0.25) is 9.59 Å². The highest BCUT2D eigenvalue weighted by Gasteiger charge is 2.35. The summed E-state index contributed by atoms with van der Waals surface area (Å²) in [6.45, 7) is 5.34. The quantitative estimate of drug-likeness (QED) is 0.718. The van der Waals surface area contributed by atoms with Crippen LogP contribution in [0.25, 0.3) is 0 Å². The maximum Gasteiger partial charge on any atom is 0.232 e. The summed E-state index contributed by atoms with van der Waals surface area (Å²) in [7, 11) is 0. The Labute approximate surface area is 182 Å². The van der Waals surface area contributed by atoms with E-state index in [-0.39, 0.29) is 29.4 Å². The van der Waals surface area contributed by atoms with Crippen molar-refractivity contribution < 1.29 is 18.4 Å². The van der Waals surface area contributed by atoms with Gasteiger partial charge in [-0.05, 0) is 68.4 Å². The Morgan fingerprint density at radius 1 is 1.03 bits per heavy atom. The van der Waals surface area contributed by atoms with Crippen LogP contribution < -0.4 is 5.32 Å². The fourth-order valence-electron chi connectivity index (χ4n) is 4.10. The molecule has 2 amide bonds. The van der Waals surface area contributed by atoms with Gasteiger partial charge in [0.2, 0.25) is 11.8 Å². The number of rotatable bonds is 7. The maximum atomic E-state index is 13.6. The molecule has 0 aliphatic carbocycles. The number of carbonyl (C=O) groups excluding carboxylic acids is 2. The third-order valence-electron chi connectivity index (χ3n) is 6.15. The van der Waals surface area contributed by atoms with Gasteiger partial charge < -0.3 is 10.2 Å². The van der Waals surface area contributed by atoms with E-state index in [4.69, 9.17) is 0 Å². The van der Waals surface area contributed by atoms with Gasteiger partial charge in [0, 0.05) is 26.1 Å². The maximum absolute atomic E-state index is 13.6. The van der Waals surface area contributed by atoms with Crippen LogP contribution in [0, 0.1) is 17.6 Å². The van der Waals surface area contributed by atoms with E-state index in [1.807, 2.05) is 18.7 Å². The minimum Gasteiger partial charge on any atom is -0.356 e. The number of carbonyl (C=O) groups is 2. The standard InChI is InChI=1S/C25H30F2N2O2/c1-25(2,20-7-9-21(26)10-8-20)24(31)29-15-12-18(13-16-29)17-23(30)28-14-11-19-5-3-4-6-22(19)27/h3-10,18H,11-17H2,1-2H3,(H,28,30). The Bertz CT molecular complexity index is 904. The molecular formula is C25H30F2N2O2. The van der Waals surface area contributed by atoms with E-state index in [9.17, 15) is 18.4 Å². The summed E-state index contributed by atoms with van der Waals surface area (Å²) >= 11 is 0. The van der Waals surface area contributed by atoms with Crippen molar-refractivity contribution in [3.8, 4) is 0 Å². The molecule has 1 saturated heterocycles. The van der Waals surface area contributed by atoms with Crippen molar-refractivity contribution >= 4 is 11.8 Å². The lowest BCUT2D eigenvalue weighted by atomic mass is 9.82. The van der Waals surface area contributed by atoms with Gasteiger partial charge in [-0.15, -0.1) is 0 Å². The normalized spacial score (nSPS) is 15.0. The molecule has 166 valence electrons. The topological polar surface area (TPSA) is 49.4 Å². The molecule has 1 aliphatic heterocycles. The highest BCUT2D eigenvalue weighted by atomic mass is 19.1. The number of hydrogen-bond donors (Lipinski definition) is 1.